The molecule has 7 heteroatoms. The Morgan fingerprint density at radius 2 is 1.96 bits per heavy atom. The SMILES string of the molecule is CCNC(=O)c1cccc(NC(=O)CSc2nccn2-c2cccc(C)c2)c1. The van der Waals surface area contributed by atoms with Crippen LogP contribution in [0.15, 0.2) is 66.1 Å². The van der Waals surface area contributed by atoms with E-state index in [2.05, 4.69) is 21.7 Å². The molecular weight excluding hydrogens is 372 g/mol. The topological polar surface area (TPSA) is 76.0 Å². The summed E-state index contributed by atoms with van der Waals surface area (Å²) < 4.78 is 1.96. The minimum absolute atomic E-state index is 0.156. The molecule has 6 nitrogen and oxygen atoms in total. The van der Waals surface area contributed by atoms with Gasteiger partial charge in [0, 0.05) is 35.9 Å². The standard InChI is InChI=1S/C21H22N4O2S/c1-3-22-20(27)16-7-5-8-17(13-16)24-19(26)14-28-21-23-10-11-25(21)18-9-4-6-15(2)12-18/h4-13H,3,14H2,1-2H3,(H,22,27)(H,24,26). The van der Waals surface area contributed by atoms with E-state index in [1.807, 2.05) is 42.8 Å². The van der Waals surface area contributed by atoms with Gasteiger partial charge in [-0.2, -0.15) is 0 Å². The van der Waals surface area contributed by atoms with E-state index in [1.54, 1.807) is 30.5 Å². The van der Waals surface area contributed by atoms with Crippen molar-refractivity contribution in [1.82, 2.24) is 14.9 Å². The summed E-state index contributed by atoms with van der Waals surface area (Å²) in [5.74, 6) is -0.0983. The summed E-state index contributed by atoms with van der Waals surface area (Å²) in [5.41, 5.74) is 3.28. The summed E-state index contributed by atoms with van der Waals surface area (Å²) in [5, 5.41) is 6.33. The van der Waals surface area contributed by atoms with Crippen LogP contribution in [0.5, 0.6) is 0 Å². The lowest BCUT2D eigenvalue weighted by Crippen LogP contribution is -2.23. The summed E-state index contributed by atoms with van der Waals surface area (Å²) >= 11 is 1.36. The molecule has 0 unspecified atom stereocenters. The molecule has 0 spiro atoms. The number of nitrogens with zero attached hydrogens (tertiary/aromatic N) is 2. The van der Waals surface area contributed by atoms with Gasteiger partial charge < -0.3 is 10.6 Å². The van der Waals surface area contributed by atoms with E-state index in [9.17, 15) is 9.59 Å². The normalized spacial score (nSPS) is 10.5. The van der Waals surface area contributed by atoms with Crippen LogP contribution in [0.25, 0.3) is 5.69 Å². The lowest BCUT2D eigenvalue weighted by molar-refractivity contribution is -0.113. The Hall–Kier alpha value is -3.06. The Morgan fingerprint density at radius 3 is 2.75 bits per heavy atom. The first-order valence-electron chi connectivity index (χ1n) is 8.98. The maximum absolute atomic E-state index is 12.3. The van der Waals surface area contributed by atoms with Gasteiger partial charge in [0.25, 0.3) is 5.91 Å². The fourth-order valence-electron chi connectivity index (χ4n) is 2.70. The smallest absolute Gasteiger partial charge is 0.251 e. The van der Waals surface area contributed by atoms with Gasteiger partial charge >= 0.3 is 0 Å². The number of aromatic nitrogens is 2. The van der Waals surface area contributed by atoms with E-state index in [0.29, 0.717) is 17.8 Å². The van der Waals surface area contributed by atoms with Crippen molar-refractivity contribution >= 4 is 29.3 Å². The van der Waals surface area contributed by atoms with Crippen LogP contribution >= 0.6 is 11.8 Å². The molecule has 0 saturated heterocycles. The minimum Gasteiger partial charge on any atom is -0.352 e. The zero-order valence-electron chi connectivity index (χ0n) is 15.8. The highest BCUT2D eigenvalue weighted by Gasteiger charge is 2.11. The third-order valence-electron chi connectivity index (χ3n) is 3.96. The molecule has 0 bridgehead atoms. The average molecular weight is 395 g/mol. The third kappa shape index (κ3) is 5.01. The Kier molecular flexibility index (Phi) is 6.49. The van der Waals surface area contributed by atoms with Gasteiger partial charge in [-0.15, -0.1) is 0 Å². The van der Waals surface area contributed by atoms with E-state index in [4.69, 9.17) is 0 Å². The van der Waals surface area contributed by atoms with Crippen molar-refractivity contribution in [2.24, 2.45) is 0 Å². The van der Waals surface area contributed by atoms with Gasteiger partial charge in [0.2, 0.25) is 5.91 Å². The Bertz CT molecular complexity index is 984. The van der Waals surface area contributed by atoms with Crippen LogP contribution in [0.3, 0.4) is 0 Å². The van der Waals surface area contributed by atoms with E-state index in [1.165, 1.54) is 11.8 Å². The van der Waals surface area contributed by atoms with Crippen LogP contribution in [-0.2, 0) is 4.79 Å². The third-order valence-corrected chi connectivity index (χ3v) is 4.93. The summed E-state index contributed by atoms with van der Waals surface area (Å²) in [7, 11) is 0. The van der Waals surface area contributed by atoms with Crippen molar-refractivity contribution in [2.45, 2.75) is 19.0 Å². The number of carbonyl (C=O) groups is 2. The first kappa shape index (κ1) is 19.7. The molecule has 1 aromatic heterocycles. The fraction of sp³-hybridized carbons (Fsp3) is 0.190. The first-order chi connectivity index (χ1) is 13.6. The number of hydrogen-bond donors (Lipinski definition) is 2. The molecule has 2 N–H and O–H groups in total. The number of rotatable bonds is 7. The van der Waals surface area contributed by atoms with Crippen molar-refractivity contribution in [1.29, 1.82) is 0 Å². The largest absolute Gasteiger partial charge is 0.352 e. The Morgan fingerprint density at radius 1 is 1.14 bits per heavy atom. The Labute approximate surface area is 168 Å². The number of imidazole rings is 1. The fourth-order valence-corrected chi connectivity index (χ4v) is 3.47. The van der Waals surface area contributed by atoms with Gasteiger partial charge in [-0.05, 0) is 49.7 Å². The molecule has 3 aromatic rings. The van der Waals surface area contributed by atoms with Crippen LogP contribution in [0, 0.1) is 6.92 Å². The van der Waals surface area contributed by atoms with Gasteiger partial charge in [0.15, 0.2) is 5.16 Å². The van der Waals surface area contributed by atoms with Crippen molar-refractivity contribution in [3.8, 4) is 5.69 Å². The van der Waals surface area contributed by atoms with Crippen LogP contribution < -0.4 is 10.6 Å². The molecule has 0 fully saturated rings. The van der Waals surface area contributed by atoms with Crippen molar-refractivity contribution in [3.05, 3.63) is 72.1 Å². The highest BCUT2D eigenvalue weighted by Crippen LogP contribution is 2.21. The molecule has 28 heavy (non-hydrogen) atoms. The predicted molar refractivity (Wildman–Crippen MR) is 112 cm³/mol. The van der Waals surface area contributed by atoms with Gasteiger partial charge in [0.05, 0.1) is 5.75 Å². The number of thioether (sulfide) groups is 1. The monoisotopic (exact) mass is 394 g/mol. The lowest BCUT2D eigenvalue weighted by atomic mass is 10.2. The van der Waals surface area contributed by atoms with Crippen LogP contribution in [0.1, 0.15) is 22.8 Å². The van der Waals surface area contributed by atoms with E-state index < -0.39 is 0 Å². The van der Waals surface area contributed by atoms with Crippen molar-refractivity contribution in [2.75, 3.05) is 17.6 Å². The number of nitrogens with one attached hydrogen (secondary N) is 2. The Balaban J connectivity index is 1.62. The van der Waals surface area contributed by atoms with Crippen molar-refractivity contribution < 1.29 is 9.59 Å². The summed E-state index contributed by atoms with van der Waals surface area (Å²) in [6.07, 6.45) is 3.60. The summed E-state index contributed by atoms with van der Waals surface area (Å²) in [6.45, 7) is 4.45. The number of amides is 2. The second-order valence-electron chi connectivity index (χ2n) is 6.20. The second-order valence-corrected chi connectivity index (χ2v) is 7.14. The molecule has 0 aliphatic rings. The molecule has 0 atom stereocenters. The van der Waals surface area contributed by atoms with Gasteiger partial charge in [-0.1, -0.05) is 30.0 Å². The first-order valence-corrected chi connectivity index (χ1v) is 9.96. The number of carbonyl (C=O) groups excluding carboxylic acids is 2. The summed E-state index contributed by atoms with van der Waals surface area (Å²) in [6, 6.07) is 15.0. The maximum atomic E-state index is 12.3. The highest BCUT2D eigenvalue weighted by atomic mass is 32.2. The van der Waals surface area contributed by atoms with Crippen molar-refractivity contribution in [3.63, 3.8) is 0 Å². The van der Waals surface area contributed by atoms with E-state index in [0.717, 1.165) is 16.4 Å². The second kappa shape index (κ2) is 9.23. The quantitative estimate of drug-likeness (QED) is 0.600. The average Bonchev–Trinajstić information content (AvgIpc) is 3.15. The molecule has 2 aromatic carbocycles. The maximum Gasteiger partial charge on any atom is 0.251 e. The zero-order chi connectivity index (χ0) is 19.9. The predicted octanol–water partition coefficient (Wildman–Crippen LogP) is 3.66. The molecular formula is C21H22N4O2S. The molecule has 0 radical (unpaired) electrons. The number of aryl methyl sites for hydroxylation is 1. The van der Waals surface area contributed by atoms with Gasteiger partial charge in [0.1, 0.15) is 0 Å². The van der Waals surface area contributed by atoms with E-state index in [-0.39, 0.29) is 17.6 Å². The van der Waals surface area contributed by atoms with Crippen LogP contribution in [-0.4, -0.2) is 33.7 Å². The molecule has 2 amide bonds. The van der Waals surface area contributed by atoms with Crippen LogP contribution in [0.2, 0.25) is 0 Å². The number of benzene rings is 2. The van der Waals surface area contributed by atoms with Gasteiger partial charge in [-0.3, -0.25) is 14.2 Å². The molecule has 0 saturated carbocycles. The minimum atomic E-state index is -0.159. The van der Waals surface area contributed by atoms with E-state index >= 15 is 0 Å². The number of anilines is 1. The lowest BCUT2D eigenvalue weighted by Gasteiger charge is -2.09. The highest BCUT2D eigenvalue weighted by molar-refractivity contribution is 7.99. The molecule has 1 heterocycles. The summed E-state index contributed by atoms with van der Waals surface area (Å²) in [4.78, 5) is 28.6. The zero-order valence-corrected chi connectivity index (χ0v) is 16.6. The molecule has 0 aliphatic carbocycles. The molecule has 0 aliphatic heterocycles. The molecule has 144 valence electrons. The number of hydrogen-bond acceptors (Lipinski definition) is 4. The molecule has 3 rings (SSSR count). The van der Waals surface area contributed by atoms with Crippen LogP contribution in [0.4, 0.5) is 5.69 Å². The van der Waals surface area contributed by atoms with Gasteiger partial charge in [-0.25, -0.2) is 4.98 Å².